The first-order chi connectivity index (χ1) is 6.86. The molecule has 3 nitrogen and oxygen atoms in total. The van der Waals surface area contributed by atoms with Crippen LogP contribution in [0.3, 0.4) is 0 Å². The molecule has 3 unspecified atom stereocenters. The molecule has 0 aromatic heterocycles. The van der Waals surface area contributed by atoms with Crippen LogP contribution >= 0.6 is 0 Å². The highest BCUT2D eigenvalue weighted by Crippen LogP contribution is 2.16. The minimum atomic E-state index is 0.455. The fourth-order valence-corrected chi connectivity index (χ4v) is 2.47. The Labute approximate surface area is 86.6 Å². The average molecular weight is 198 g/mol. The van der Waals surface area contributed by atoms with Crippen molar-refractivity contribution in [3.63, 3.8) is 0 Å². The van der Waals surface area contributed by atoms with Gasteiger partial charge >= 0.3 is 0 Å². The van der Waals surface area contributed by atoms with Crippen molar-refractivity contribution < 1.29 is 4.74 Å². The first-order valence-corrected chi connectivity index (χ1v) is 5.94. The molecule has 2 heterocycles. The number of rotatable bonds is 3. The lowest BCUT2D eigenvalue weighted by atomic mass is 10.0. The van der Waals surface area contributed by atoms with E-state index in [4.69, 9.17) is 4.74 Å². The molecule has 0 spiro atoms. The average Bonchev–Trinajstić information content (AvgIpc) is 2.72. The maximum Gasteiger partial charge on any atom is 0.0726 e. The van der Waals surface area contributed by atoms with Crippen molar-refractivity contribution in [3.8, 4) is 0 Å². The van der Waals surface area contributed by atoms with Gasteiger partial charge in [-0.05, 0) is 39.2 Å². The summed E-state index contributed by atoms with van der Waals surface area (Å²) in [6.07, 6.45) is 5.53. The van der Waals surface area contributed by atoms with Gasteiger partial charge in [-0.3, -0.25) is 0 Å². The fourth-order valence-electron chi connectivity index (χ4n) is 2.47. The number of ether oxygens (including phenoxy) is 1. The second-order valence-electron chi connectivity index (χ2n) is 4.55. The fraction of sp³-hybridized carbons (Fsp3) is 1.00. The van der Waals surface area contributed by atoms with Gasteiger partial charge in [0.05, 0.1) is 6.10 Å². The molecule has 2 fully saturated rings. The highest BCUT2D eigenvalue weighted by atomic mass is 16.5. The molecular formula is C11H22N2O. The lowest BCUT2D eigenvalue weighted by Crippen LogP contribution is -2.49. The lowest BCUT2D eigenvalue weighted by molar-refractivity contribution is 0.0783. The van der Waals surface area contributed by atoms with Crippen molar-refractivity contribution >= 4 is 0 Å². The van der Waals surface area contributed by atoms with Crippen LogP contribution in [-0.4, -0.2) is 37.9 Å². The van der Waals surface area contributed by atoms with E-state index in [1.807, 2.05) is 0 Å². The van der Waals surface area contributed by atoms with Crippen LogP contribution in [0.2, 0.25) is 0 Å². The monoisotopic (exact) mass is 198 g/mol. The van der Waals surface area contributed by atoms with E-state index in [0.717, 1.165) is 13.2 Å². The molecule has 2 saturated heterocycles. The molecule has 0 aromatic carbocycles. The van der Waals surface area contributed by atoms with E-state index in [1.54, 1.807) is 0 Å². The Morgan fingerprint density at radius 3 is 2.93 bits per heavy atom. The van der Waals surface area contributed by atoms with E-state index in [-0.39, 0.29) is 0 Å². The van der Waals surface area contributed by atoms with Crippen molar-refractivity contribution in [1.82, 2.24) is 10.6 Å². The van der Waals surface area contributed by atoms with Crippen LogP contribution in [0.25, 0.3) is 0 Å². The molecule has 0 amide bonds. The van der Waals surface area contributed by atoms with Gasteiger partial charge in [0, 0.05) is 25.2 Å². The summed E-state index contributed by atoms with van der Waals surface area (Å²) in [5.74, 6) is 0. The molecule has 0 bridgehead atoms. The van der Waals surface area contributed by atoms with Gasteiger partial charge < -0.3 is 15.4 Å². The number of hydrogen-bond donors (Lipinski definition) is 2. The van der Waals surface area contributed by atoms with Crippen LogP contribution in [0, 0.1) is 0 Å². The van der Waals surface area contributed by atoms with Crippen molar-refractivity contribution in [1.29, 1.82) is 0 Å². The Hall–Kier alpha value is -0.120. The molecule has 0 radical (unpaired) electrons. The number of nitrogens with one attached hydrogen (secondary N) is 2. The van der Waals surface area contributed by atoms with Gasteiger partial charge in [-0.2, -0.15) is 0 Å². The van der Waals surface area contributed by atoms with E-state index < -0.39 is 0 Å². The predicted octanol–water partition coefficient (Wildman–Crippen LogP) is 0.895. The third-order valence-electron chi connectivity index (χ3n) is 3.32. The summed E-state index contributed by atoms with van der Waals surface area (Å²) in [5, 5.41) is 7.10. The van der Waals surface area contributed by atoms with Gasteiger partial charge in [0.25, 0.3) is 0 Å². The van der Waals surface area contributed by atoms with E-state index in [9.17, 15) is 0 Å². The molecule has 2 rings (SSSR count). The van der Waals surface area contributed by atoms with Crippen molar-refractivity contribution in [3.05, 3.63) is 0 Å². The highest BCUT2D eigenvalue weighted by molar-refractivity contribution is 4.83. The van der Waals surface area contributed by atoms with Crippen LogP contribution < -0.4 is 10.6 Å². The zero-order chi connectivity index (χ0) is 9.80. The van der Waals surface area contributed by atoms with Gasteiger partial charge in [-0.1, -0.05) is 0 Å². The molecule has 3 atom stereocenters. The van der Waals surface area contributed by atoms with Gasteiger partial charge in [0.15, 0.2) is 0 Å². The summed E-state index contributed by atoms with van der Waals surface area (Å²) < 4.78 is 5.67. The maximum atomic E-state index is 5.67. The summed E-state index contributed by atoms with van der Waals surface area (Å²) >= 11 is 0. The van der Waals surface area contributed by atoms with Crippen molar-refractivity contribution in [2.24, 2.45) is 0 Å². The van der Waals surface area contributed by atoms with E-state index in [2.05, 4.69) is 17.6 Å². The topological polar surface area (TPSA) is 33.3 Å². The highest BCUT2D eigenvalue weighted by Gasteiger charge is 2.24. The third-order valence-corrected chi connectivity index (χ3v) is 3.32. The summed E-state index contributed by atoms with van der Waals surface area (Å²) in [4.78, 5) is 0. The standard InChI is InChI=1S/C11H22N2O/c1-9(11-5-3-7-14-11)13-10-4-2-6-12-8-10/h9-13H,2-8H2,1H3. The molecule has 82 valence electrons. The van der Waals surface area contributed by atoms with Crippen LogP contribution in [0.1, 0.15) is 32.6 Å². The predicted molar refractivity (Wildman–Crippen MR) is 57.5 cm³/mol. The van der Waals surface area contributed by atoms with Gasteiger partial charge in [-0.15, -0.1) is 0 Å². The Balaban J connectivity index is 1.72. The zero-order valence-corrected chi connectivity index (χ0v) is 9.09. The molecular weight excluding hydrogens is 176 g/mol. The summed E-state index contributed by atoms with van der Waals surface area (Å²) in [7, 11) is 0. The van der Waals surface area contributed by atoms with E-state index in [1.165, 1.54) is 32.2 Å². The van der Waals surface area contributed by atoms with Crippen LogP contribution in [0.5, 0.6) is 0 Å². The van der Waals surface area contributed by atoms with E-state index in [0.29, 0.717) is 18.2 Å². The van der Waals surface area contributed by atoms with Gasteiger partial charge in [0.2, 0.25) is 0 Å². The first kappa shape index (κ1) is 10.4. The second-order valence-corrected chi connectivity index (χ2v) is 4.55. The molecule has 0 saturated carbocycles. The minimum absolute atomic E-state index is 0.455. The molecule has 2 aliphatic heterocycles. The molecule has 3 heteroatoms. The largest absolute Gasteiger partial charge is 0.377 e. The molecule has 2 N–H and O–H groups in total. The van der Waals surface area contributed by atoms with Gasteiger partial charge in [0.1, 0.15) is 0 Å². The van der Waals surface area contributed by atoms with Gasteiger partial charge in [-0.25, -0.2) is 0 Å². The summed E-state index contributed by atoms with van der Waals surface area (Å²) in [5.41, 5.74) is 0. The number of hydrogen-bond acceptors (Lipinski definition) is 3. The Morgan fingerprint density at radius 1 is 1.36 bits per heavy atom. The SMILES string of the molecule is CC(NC1CCCNC1)C1CCCO1. The quantitative estimate of drug-likeness (QED) is 0.707. The van der Waals surface area contributed by atoms with Crippen LogP contribution in [-0.2, 0) is 4.74 Å². The van der Waals surface area contributed by atoms with E-state index >= 15 is 0 Å². The Kier molecular flexibility index (Phi) is 3.79. The van der Waals surface area contributed by atoms with Crippen molar-refractivity contribution in [2.45, 2.75) is 50.8 Å². The Bertz CT molecular complexity index is 163. The van der Waals surface area contributed by atoms with Crippen LogP contribution in [0.4, 0.5) is 0 Å². The smallest absolute Gasteiger partial charge is 0.0726 e. The molecule has 0 aromatic rings. The lowest BCUT2D eigenvalue weighted by Gasteiger charge is -2.29. The summed E-state index contributed by atoms with van der Waals surface area (Å²) in [6, 6.07) is 1.17. The van der Waals surface area contributed by atoms with Crippen molar-refractivity contribution in [2.75, 3.05) is 19.7 Å². The summed E-state index contributed by atoms with van der Waals surface area (Å²) in [6.45, 7) is 5.52. The minimum Gasteiger partial charge on any atom is -0.377 e. The third kappa shape index (κ3) is 2.69. The first-order valence-electron chi connectivity index (χ1n) is 5.94. The zero-order valence-electron chi connectivity index (χ0n) is 9.09. The number of piperidine rings is 1. The normalized spacial score (nSPS) is 35.8. The molecule has 0 aliphatic carbocycles. The molecule has 14 heavy (non-hydrogen) atoms. The van der Waals surface area contributed by atoms with Crippen LogP contribution in [0.15, 0.2) is 0 Å². The Morgan fingerprint density at radius 2 is 2.29 bits per heavy atom. The maximum absolute atomic E-state index is 5.67. The molecule has 2 aliphatic rings. The second kappa shape index (κ2) is 5.10.